The number of imidazole rings is 1. The Balaban J connectivity index is 1.67. The first-order valence-corrected chi connectivity index (χ1v) is 7.90. The fourth-order valence-electron chi connectivity index (χ4n) is 2.39. The van der Waals surface area contributed by atoms with Crippen LogP contribution in [-0.2, 0) is 13.5 Å². The van der Waals surface area contributed by atoms with Crippen LogP contribution in [0.3, 0.4) is 0 Å². The lowest BCUT2D eigenvalue weighted by molar-refractivity contribution is 0.0925. The molecule has 0 unspecified atom stereocenters. The molecule has 0 saturated carbocycles. The minimum Gasteiger partial charge on any atom is -0.497 e. The Labute approximate surface area is 141 Å². The summed E-state index contributed by atoms with van der Waals surface area (Å²) in [6.45, 7) is 0.478. The molecule has 6 nitrogen and oxygen atoms in total. The molecule has 2 heterocycles. The van der Waals surface area contributed by atoms with E-state index in [1.54, 1.807) is 19.2 Å². The van der Waals surface area contributed by atoms with Gasteiger partial charge in [-0.1, -0.05) is 0 Å². The molecule has 7 heteroatoms. The topological polar surface area (TPSA) is 69.3 Å². The number of hydrogen-bond donors (Lipinski definition) is 1. The number of fused-ring (bicyclic) bond motifs is 1. The Morgan fingerprint density at radius 3 is 2.91 bits per heavy atom. The number of hydrogen-bond acceptors (Lipinski definition) is 4. The average molecular weight is 378 g/mol. The fourth-order valence-corrected chi connectivity index (χ4v) is 2.70. The van der Waals surface area contributed by atoms with Gasteiger partial charge in [0, 0.05) is 26.1 Å². The average Bonchev–Trinajstić information content (AvgIpc) is 3.11. The van der Waals surface area contributed by atoms with Crippen molar-refractivity contribution < 1.29 is 13.9 Å². The quantitative estimate of drug-likeness (QED) is 0.741. The molecule has 120 valence electrons. The molecule has 3 rings (SSSR count). The van der Waals surface area contributed by atoms with Gasteiger partial charge in [0.2, 0.25) is 0 Å². The SMILES string of the molecule is COc1ccc2c(c1)nc(CCNC(=O)c1ccc(Br)o1)n2C. The number of rotatable bonds is 5. The predicted molar refractivity (Wildman–Crippen MR) is 89.7 cm³/mol. The summed E-state index contributed by atoms with van der Waals surface area (Å²) in [6.07, 6.45) is 0.626. The van der Waals surface area contributed by atoms with Crippen molar-refractivity contribution in [1.29, 1.82) is 0 Å². The van der Waals surface area contributed by atoms with E-state index in [0.717, 1.165) is 22.6 Å². The molecule has 0 aliphatic carbocycles. The van der Waals surface area contributed by atoms with Gasteiger partial charge in [-0.2, -0.15) is 0 Å². The van der Waals surface area contributed by atoms with E-state index in [2.05, 4.69) is 26.2 Å². The third-order valence-corrected chi connectivity index (χ3v) is 4.04. The van der Waals surface area contributed by atoms with Crippen molar-refractivity contribution in [3.63, 3.8) is 0 Å². The van der Waals surface area contributed by atoms with Crippen LogP contribution < -0.4 is 10.1 Å². The molecule has 1 aromatic carbocycles. The maximum atomic E-state index is 11.9. The highest BCUT2D eigenvalue weighted by Crippen LogP contribution is 2.21. The van der Waals surface area contributed by atoms with E-state index in [1.807, 2.05) is 29.8 Å². The van der Waals surface area contributed by atoms with Gasteiger partial charge in [0.15, 0.2) is 10.4 Å². The molecule has 23 heavy (non-hydrogen) atoms. The van der Waals surface area contributed by atoms with E-state index in [9.17, 15) is 4.79 Å². The molecule has 0 saturated heterocycles. The second kappa shape index (κ2) is 6.45. The summed E-state index contributed by atoms with van der Waals surface area (Å²) in [5, 5.41) is 2.82. The standard InChI is InChI=1S/C16H16BrN3O3/c1-20-12-4-3-10(22-2)9-11(12)19-15(20)7-8-18-16(21)13-5-6-14(17)23-13/h3-6,9H,7-8H2,1-2H3,(H,18,21). The Bertz CT molecular complexity index is 853. The third kappa shape index (κ3) is 3.24. The van der Waals surface area contributed by atoms with Crippen molar-refractivity contribution in [2.45, 2.75) is 6.42 Å². The Morgan fingerprint density at radius 2 is 2.22 bits per heavy atom. The first-order chi connectivity index (χ1) is 11.1. The number of amides is 1. The summed E-state index contributed by atoms with van der Waals surface area (Å²) in [5.74, 6) is 1.72. The van der Waals surface area contributed by atoms with Crippen LogP contribution in [0.2, 0.25) is 0 Å². The van der Waals surface area contributed by atoms with Gasteiger partial charge in [-0.25, -0.2) is 4.98 Å². The number of aryl methyl sites for hydroxylation is 1. The summed E-state index contributed by atoms with van der Waals surface area (Å²) in [7, 11) is 3.59. The number of carbonyl (C=O) groups excluding carboxylic acids is 1. The van der Waals surface area contributed by atoms with E-state index in [-0.39, 0.29) is 11.7 Å². The Morgan fingerprint density at radius 1 is 1.39 bits per heavy atom. The van der Waals surface area contributed by atoms with Crippen LogP contribution in [0.5, 0.6) is 5.75 Å². The van der Waals surface area contributed by atoms with Crippen LogP contribution in [0, 0.1) is 0 Å². The minimum atomic E-state index is -0.240. The number of furan rings is 1. The lowest BCUT2D eigenvalue weighted by atomic mass is 10.3. The molecule has 0 aliphatic rings. The van der Waals surface area contributed by atoms with Gasteiger partial charge in [-0.05, 0) is 40.2 Å². The summed E-state index contributed by atoms with van der Waals surface area (Å²) in [6, 6.07) is 9.10. The summed E-state index contributed by atoms with van der Waals surface area (Å²) < 4.78 is 13.0. The summed E-state index contributed by atoms with van der Waals surface area (Å²) in [4.78, 5) is 16.5. The van der Waals surface area contributed by atoms with Gasteiger partial charge >= 0.3 is 0 Å². The molecule has 0 atom stereocenters. The molecule has 0 fully saturated rings. The summed E-state index contributed by atoms with van der Waals surface area (Å²) in [5.41, 5.74) is 1.91. The van der Waals surface area contributed by atoms with Gasteiger partial charge in [0.25, 0.3) is 5.91 Å². The molecule has 0 bridgehead atoms. The van der Waals surface area contributed by atoms with Crippen molar-refractivity contribution in [2.24, 2.45) is 7.05 Å². The van der Waals surface area contributed by atoms with Gasteiger partial charge in [-0.3, -0.25) is 4.79 Å². The normalized spacial score (nSPS) is 10.9. The van der Waals surface area contributed by atoms with Gasteiger partial charge in [0.1, 0.15) is 11.6 Å². The Hall–Kier alpha value is -2.28. The highest BCUT2D eigenvalue weighted by Gasteiger charge is 2.12. The molecule has 0 spiro atoms. The molecule has 1 N–H and O–H groups in total. The van der Waals surface area contributed by atoms with Crippen molar-refractivity contribution in [2.75, 3.05) is 13.7 Å². The van der Waals surface area contributed by atoms with Crippen molar-refractivity contribution in [3.8, 4) is 5.75 Å². The first kappa shape index (κ1) is 15.6. The van der Waals surface area contributed by atoms with Crippen LogP contribution in [0.1, 0.15) is 16.4 Å². The second-order valence-corrected chi connectivity index (χ2v) is 5.83. The highest BCUT2D eigenvalue weighted by molar-refractivity contribution is 9.10. The van der Waals surface area contributed by atoms with Crippen LogP contribution in [0.4, 0.5) is 0 Å². The number of nitrogens with one attached hydrogen (secondary N) is 1. The Kier molecular flexibility index (Phi) is 4.38. The lowest BCUT2D eigenvalue weighted by Crippen LogP contribution is -2.25. The molecule has 3 aromatic rings. The monoisotopic (exact) mass is 377 g/mol. The number of ether oxygens (including phenoxy) is 1. The third-order valence-electron chi connectivity index (χ3n) is 3.61. The molecular weight excluding hydrogens is 362 g/mol. The van der Waals surface area contributed by atoms with E-state index in [0.29, 0.717) is 17.6 Å². The van der Waals surface area contributed by atoms with Crippen LogP contribution in [-0.4, -0.2) is 29.1 Å². The number of aromatic nitrogens is 2. The van der Waals surface area contributed by atoms with E-state index in [1.165, 1.54) is 0 Å². The number of halogens is 1. The van der Waals surface area contributed by atoms with Gasteiger partial charge in [-0.15, -0.1) is 0 Å². The van der Waals surface area contributed by atoms with Gasteiger partial charge in [0.05, 0.1) is 18.1 Å². The zero-order valence-corrected chi connectivity index (χ0v) is 14.4. The fraction of sp³-hybridized carbons (Fsp3) is 0.250. The van der Waals surface area contributed by atoms with E-state index < -0.39 is 0 Å². The lowest BCUT2D eigenvalue weighted by Gasteiger charge is -2.04. The van der Waals surface area contributed by atoms with Gasteiger partial charge < -0.3 is 19.0 Å². The van der Waals surface area contributed by atoms with Crippen molar-refractivity contribution in [1.82, 2.24) is 14.9 Å². The van der Waals surface area contributed by atoms with Crippen LogP contribution in [0.25, 0.3) is 11.0 Å². The minimum absolute atomic E-state index is 0.240. The molecule has 0 radical (unpaired) electrons. The number of carbonyl (C=O) groups is 1. The largest absolute Gasteiger partial charge is 0.497 e. The summed E-state index contributed by atoms with van der Waals surface area (Å²) >= 11 is 3.18. The number of methoxy groups -OCH3 is 1. The second-order valence-electron chi connectivity index (χ2n) is 5.05. The highest BCUT2D eigenvalue weighted by atomic mass is 79.9. The zero-order chi connectivity index (χ0) is 16.4. The zero-order valence-electron chi connectivity index (χ0n) is 12.8. The molecule has 0 aliphatic heterocycles. The van der Waals surface area contributed by atoms with E-state index in [4.69, 9.17) is 9.15 Å². The first-order valence-electron chi connectivity index (χ1n) is 7.11. The number of benzene rings is 1. The van der Waals surface area contributed by atoms with Crippen molar-refractivity contribution >= 4 is 32.9 Å². The van der Waals surface area contributed by atoms with Crippen LogP contribution >= 0.6 is 15.9 Å². The smallest absolute Gasteiger partial charge is 0.287 e. The maximum Gasteiger partial charge on any atom is 0.287 e. The molecule has 2 aromatic heterocycles. The van der Waals surface area contributed by atoms with Crippen molar-refractivity contribution in [3.05, 3.63) is 46.6 Å². The van der Waals surface area contributed by atoms with E-state index >= 15 is 0 Å². The molecular formula is C16H16BrN3O3. The molecule has 1 amide bonds. The predicted octanol–water partition coefficient (Wildman–Crippen LogP) is 2.91. The maximum absolute atomic E-state index is 11.9. The number of nitrogens with zero attached hydrogens (tertiary/aromatic N) is 2. The van der Waals surface area contributed by atoms with Crippen LogP contribution in [0.15, 0.2) is 39.4 Å².